The fourth-order valence-electron chi connectivity index (χ4n) is 3.06. The summed E-state index contributed by atoms with van der Waals surface area (Å²) in [6.07, 6.45) is 0. The Morgan fingerprint density at radius 1 is 1.21 bits per heavy atom. The summed E-state index contributed by atoms with van der Waals surface area (Å²) < 4.78 is 11.9. The van der Waals surface area contributed by atoms with E-state index in [0.29, 0.717) is 11.4 Å². The smallest absolute Gasteiger partial charge is 0.262 e. The molecule has 6 nitrogen and oxygen atoms in total. The molecule has 9 heteroatoms. The first-order chi connectivity index (χ1) is 14.2. The third-order valence-corrected chi connectivity index (χ3v) is 6.70. The van der Waals surface area contributed by atoms with Crippen molar-refractivity contribution < 1.29 is 9.53 Å². The van der Waals surface area contributed by atoms with E-state index >= 15 is 0 Å². The van der Waals surface area contributed by atoms with Crippen molar-refractivity contribution in [3.63, 3.8) is 0 Å². The van der Waals surface area contributed by atoms with Gasteiger partial charge in [-0.2, -0.15) is 0 Å². The summed E-state index contributed by atoms with van der Waals surface area (Å²) in [5, 5.41) is 12.8. The van der Waals surface area contributed by atoms with Crippen LogP contribution in [0.1, 0.15) is 5.01 Å². The maximum Gasteiger partial charge on any atom is 0.262 e. The topological polar surface area (TPSA) is 77.0 Å². The van der Waals surface area contributed by atoms with Crippen molar-refractivity contribution in [1.82, 2.24) is 14.6 Å². The van der Waals surface area contributed by atoms with Crippen molar-refractivity contribution in [3.8, 4) is 17.0 Å². The molecule has 3 aromatic heterocycles. The minimum atomic E-state index is -0.211. The summed E-state index contributed by atoms with van der Waals surface area (Å²) in [4.78, 5) is 17.0. The number of anilines is 1. The van der Waals surface area contributed by atoms with Gasteiger partial charge in [0.25, 0.3) is 5.91 Å². The number of fused-ring (bicyclic) bond motifs is 3. The summed E-state index contributed by atoms with van der Waals surface area (Å²) >= 11 is 4.57. The largest absolute Gasteiger partial charge is 0.483 e. The number of amides is 1. The molecule has 0 saturated carbocycles. The standard InChI is InChI=1S/C20H14N4O2S3/c1-11-21-19-17(29-11)8-16(14-6-7-27-20(14)19)26-9-18(25)22-13-4-2-12(3-5-13)15-10-28-24-23-15/h2-8,10H,9H2,1H3,(H,22,25). The van der Waals surface area contributed by atoms with Crippen LogP contribution in [0.2, 0.25) is 0 Å². The summed E-state index contributed by atoms with van der Waals surface area (Å²) in [6.45, 7) is 1.93. The minimum Gasteiger partial charge on any atom is -0.483 e. The number of nitrogens with one attached hydrogen (secondary N) is 1. The predicted octanol–water partition coefficient (Wildman–Crippen LogP) is 5.36. The number of hydrogen-bond acceptors (Lipinski definition) is 8. The highest BCUT2D eigenvalue weighted by Gasteiger charge is 2.14. The molecule has 2 aromatic carbocycles. The van der Waals surface area contributed by atoms with Gasteiger partial charge in [0.15, 0.2) is 6.61 Å². The van der Waals surface area contributed by atoms with Gasteiger partial charge in [-0.25, -0.2) is 4.98 Å². The van der Waals surface area contributed by atoms with Crippen LogP contribution in [0.4, 0.5) is 5.69 Å². The van der Waals surface area contributed by atoms with Gasteiger partial charge in [-0.3, -0.25) is 4.79 Å². The van der Waals surface area contributed by atoms with Crippen LogP contribution in [0.15, 0.2) is 47.2 Å². The number of hydrogen-bond donors (Lipinski definition) is 1. The lowest BCUT2D eigenvalue weighted by molar-refractivity contribution is -0.118. The van der Waals surface area contributed by atoms with Crippen LogP contribution >= 0.6 is 34.2 Å². The van der Waals surface area contributed by atoms with E-state index in [1.807, 2.05) is 54.1 Å². The van der Waals surface area contributed by atoms with Crippen LogP contribution in [0, 0.1) is 6.92 Å². The number of carbonyl (C=O) groups is 1. The molecule has 0 spiro atoms. The number of thiophene rings is 1. The third kappa shape index (κ3) is 3.59. The monoisotopic (exact) mass is 438 g/mol. The zero-order valence-corrected chi connectivity index (χ0v) is 17.7. The summed E-state index contributed by atoms with van der Waals surface area (Å²) in [5.74, 6) is 0.496. The molecule has 3 heterocycles. The Balaban J connectivity index is 1.29. The van der Waals surface area contributed by atoms with Gasteiger partial charge in [-0.05, 0) is 42.0 Å². The number of ether oxygens (including phenoxy) is 1. The van der Waals surface area contributed by atoms with Gasteiger partial charge >= 0.3 is 0 Å². The first-order valence-corrected chi connectivity index (χ1v) is 11.3. The number of carbonyl (C=O) groups excluding carboxylic acids is 1. The van der Waals surface area contributed by atoms with Crippen LogP contribution in [-0.2, 0) is 4.79 Å². The number of benzene rings is 2. The summed E-state index contributed by atoms with van der Waals surface area (Å²) in [7, 11) is 0. The normalized spacial score (nSPS) is 11.2. The Bertz CT molecular complexity index is 1310. The second-order valence-electron chi connectivity index (χ2n) is 6.32. The molecule has 0 aliphatic heterocycles. The molecule has 5 aromatic rings. The number of nitrogens with zero attached hydrogens (tertiary/aromatic N) is 3. The molecule has 0 atom stereocenters. The van der Waals surface area contributed by atoms with Gasteiger partial charge in [0.2, 0.25) is 0 Å². The lowest BCUT2D eigenvalue weighted by Gasteiger charge is -2.09. The van der Waals surface area contributed by atoms with E-state index in [0.717, 1.165) is 36.6 Å². The first-order valence-electron chi connectivity index (χ1n) is 8.75. The van der Waals surface area contributed by atoms with Crippen LogP contribution in [0.25, 0.3) is 31.6 Å². The van der Waals surface area contributed by atoms with E-state index in [1.54, 1.807) is 22.7 Å². The highest BCUT2D eigenvalue weighted by atomic mass is 32.1. The Labute approximate surface area is 178 Å². The lowest BCUT2D eigenvalue weighted by Crippen LogP contribution is -2.20. The molecule has 144 valence electrons. The van der Waals surface area contributed by atoms with Crippen LogP contribution in [0.5, 0.6) is 5.75 Å². The van der Waals surface area contributed by atoms with Crippen LogP contribution < -0.4 is 10.1 Å². The van der Waals surface area contributed by atoms with Crippen molar-refractivity contribution >= 4 is 66.1 Å². The first kappa shape index (κ1) is 18.2. The Morgan fingerprint density at radius 2 is 2.07 bits per heavy atom. The highest BCUT2D eigenvalue weighted by Crippen LogP contribution is 2.38. The molecule has 5 rings (SSSR count). The number of rotatable bonds is 5. The quantitative estimate of drug-likeness (QED) is 0.400. The average Bonchev–Trinajstić information content (AvgIpc) is 3.46. The van der Waals surface area contributed by atoms with Gasteiger partial charge in [0, 0.05) is 28.1 Å². The Morgan fingerprint density at radius 3 is 2.86 bits per heavy atom. The molecule has 0 aliphatic rings. The van der Waals surface area contributed by atoms with E-state index in [-0.39, 0.29) is 12.5 Å². The van der Waals surface area contributed by atoms with E-state index in [9.17, 15) is 4.79 Å². The molecule has 29 heavy (non-hydrogen) atoms. The number of aryl methyl sites for hydroxylation is 1. The molecular formula is C20H14N4O2S3. The van der Waals surface area contributed by atoms with E-state index in [1.165, 1.54) is 11.5 Å². The van der Waals surface area contributed by atoms with Gasteiger partial charge in [0.05, 0.1) is 19.9 Å². The predicted molar refractivity (Wildman–Crippen MR) is 119 cm³/mol. The second kappa shape index (κ2) is 7.51. The number of thiazole rings is 1. The van der Waals surface area contributed by atoms with Crippen LogP contribution in [-0.4, -0.2) is 27.1 Å². The molecular weight excluding hydrogens is 424 g/mol. The van der Waals surface area contributed by atoms with E-state index in [2.05, 4.69) is 19.9 Å². The molecule has 1 amide bonds. The summed E-state index contributed by atoms with van der Waals surface area (Å²) in [5.41, 5.74) is 3.50. The van der Waals surface area contributed by atoms with E-state index in [4.69, 9.17) is 4.74 Å². The summed E-state index contributed by atoms with van der Waals surface area (Å²) in [6, 6.07) is 11.5. The molecule has 0 unspecified atom stereocenters. The van der Waals surface area contributed by atoms with Crippen LogP contribution in [0.3, 0.4) is 0 Å². The minimum absolute atomic E-state index is 0.0635. The fourth-order valence-corrected chi connectivity index (χ4v) is 5.36. The van der Waals surface area contributed by atoms with Crippen molar-refractivity contribution in [3.05, 3.63) is 52.2 Å². The molecule has 0 aliphatic carbocycles. The average molecular weight is 439 g/mol. The van der Waals surface area contributed by atoms with Gasteiger partial charge in [0.1, 0.15) is 11.4 Å². The molecule has 0 saturated heterocycles. The van der Waals surface area contributed by atoms with Crippen molar-refractivity contribution in [1.29, 1.82) is 0 Å². The molecule has 0 bridgehead atoms. The third-order valence-electron chi connectivity index (χ3n) is 4.35. The van der Waals surface area contributed by atoms with E-state index < -0.39 is 0 Å². The molecule has 0 radical (unpaired) electrons. The lowest BCUT2D eigenvalue weighted by atomic mass is 10.1. The molecule has 1 N–H and O–H groups in total. The maximum absolute atomic E-state index is 12.4. The van der Waals surface area contributed by atoms with Crippen molar-refractivity contribution in [2.75, 3.05) is 11.9 Å². The highest BCUT2D eigenvalue weighted by molar-refractivity contribution is 7.21. The van der Waals surface area contributed by atoms with Crippen molar-refractivity contribution in [2.24, 2.45) is 0 Å². The zero-order valence-electron chi connectivity index (χ0n) is 15.2. The van der Waals surface area contributed by atoms with Crippen molar-refractivity contribution in [2.45, 2.75) is 6.92 Å². The maximum atomic E-state index is 12.4. The fraction of sp³-hybridized carbons (Fsp3) is 0.100. The zero-order chi connectivity index (χ0) is 19.8. The Kier molecular flexibility index (Phi) is 4.70. The Hall–Kier alpha value is -2.88. The second-order valence-corrected chi connectivity index (χ2v) is 9.08. The SMILES string of the molecule is Cc1nc2c(cc(OCC(=O)Nc3ccc(-c4csnn4)cc3)c3ccsc32)s1. The van der Waals surface area contributed by atoms with Gasteiger partial charge in [-0.1, -0.05) is 16.6 Å². The van der Waals surface area contributed by atoms with Gasteiger partial charge < -0.3 is 10.1 Å². The molecule has 0 fully saturated rings. The number of aromatic nitrogens is 3. The van der Waals surface area contributed by atoms with Gasteiger partial charge in [-0.15, -0.1) is 27.8 Å².